The number of carboxylic acids is 1. The lowest BCUT2D eigenvalue weighted by Gasteiger charge is -2.19. The highest BCUT2D eigenvalue weighted by atomic mass is 16.4. The van der Waals surface area contributed by atoms with Crippen molar-refractivity contribution in [3.63, 3.8) is 0 Å². The van der Waals surface area contributed by atoms with Crippen LogP contribution in [0.5, 0.6) is 0 Å². The molecule has 0 saturated heterocycles. The first-order valence-electron chi connectivity index (χ1n) is 5.24. The Labute approximate surface area is 83.7 Å². The second-order valence-electron chi connectivity index (χ2n) is 3.82. The number of carbonyl (C=O) groups is 2. The molecule has 0 aromatic heterocycles. The summed E-state index contributed by atoms with van der Waals surface area (Å²) in [4.78, 5) is 21.2. The summed E-state index contributed by atoms with van der Waals surface area (Å²) in [5.41, 5.74) is 0. The fraction of sp³-hybridized carbons (Fsp3) is 0.800. The van der Waals surface area contributed by atoms with Gasteiger partial charge in [0.1, 0.15) is 0 Å². The van der Waals surface area contributed by atoms with E-state index in [0.29, 0.717) is 0 Å². The van der Waals surface area contributed by atoms with Crippen LogP contribution >= 0.6 is 0 Å². The number of hydrogen-bond acceptors (Lipinski definition) is 2. The van der Waals surface area contributed by atoms with Gasteiger partial charge in [-0.2, -0.15) is 0 Å². The fourth-order valence-electron chi connectivity index (χ4n) is 1.85. The monoisotopic (exact) mass is 199 g/mol. The number of rotatable bonds is 1. The van der Waals surface area contributed by atoms with Crippen molar-refractivity contribution in [1.82, 2.24) is 5.32 Å². The van der Waals surface area contributed by atoms with Gasteiger partial charge in [-0.25, -0.2) is 4.79 Å². The number of carboxylic acid groups (broad SMARTS) is 1. The summed E-state index contributed by atoms with van der Waals surface area (Å²) >= 11 is 0. The Morgan fingerprint density at radius 2 is 1.50 bits per heavy atom. The molecule has 0 heterocycles. The molecule has 0 radical (unpaired) electrons. The van der Waals surface area contributed by atoms with Crippen molar-refractivity contribution in [3.05, 3.63) is 0 Å². The smallest absolute Gasteiger partial charge is 0.394 e. The maximum absolute atomic E-state index is 10.9. The molecular formula is C10H17NO3. The molecule has 0 aromatic rings. The molecule has 1 aliphatic rings. The largest absolute Gasteiger partial charge is 0.474 e. The van der Waals surface area contributed by atoms with Crippen LogP contribution in [0.1, 0.15) is 44.9 Å². The Bertz CT molecular complexity index is 207. The average Bonchev–Trinajstić information content (AvgIpc) is 2.08. The molecule has 0 unspecified atom stereocenters. The Morgan fingerprint density at radius 1 is 1.00 bits per heavy atom. The second kappa shape index (κ2) is 5.62. The van der Waals surface area contributed by atoms with Crippen LogP contribution < -0.4 is 5.32 Å². The van der Waals surface area contributed by atoms with Crippen molar-refractivity contribution < 1.29 is 14.7 Å². The molecule has 0 spiro atoms. The van der Waals surface area contributed by atoms with Crippen LogP contribution in [-0.4, -0.2) is 23.0 Å². The van der Waals surface area contributed by atoms with Gasteiger partial charge < -0.3 is 10.4 Å². The summed E-state index contributed by atoms with van der Waals surface area (Å²) in [6.45, 7) is 0. The Kier molecular flexibility index (Phi) is 4.43. The molecule has 1 amide bonds. The molecule has 4 nitrogen and oxygen atoms in total. The summed E-state index contributed by atoms with van der Waals surface area (Å²) in [6.07, 6.45) is 7.66. The quantitative estimate of drug-likeness (QED) is 0.625. The molecule has 1 saturated carbocycles. The lowest BCUT2D eigenvalue weighted by Crippen LogP contribution is -2.39. The maximum atomic E-state index is 10.9. The van der Waals surface area contributed by atoms with Crippen LogP contribution in [0.3, 0.4) is 0 Å². The van der Waals surface area contributed by atoms with Gasteiger partial charge in [-0.1, -0.05) is 32.1 Å². The van der Waals surface area contributed by atoms with Crippen molar-refractivity contribution in [3.8, 4) is 0 Å². The van der Waals surface area contributed by atoms with E-state index in [9.17, 15) is 9.59 Å². The minimum absolute atomic E-state index is 0.0684. The van der Waals surface area contributed by atoms with E-state index < -0.39 is 11.9 Å². The minimum Gasteiger partial charge on any atom is -0.474 e. The first-order chi connectivity index (χ1) is 6.70. The zero-order chi connectivity index (χ0) is 10.4. The zero-order valence-electron chi connectivity index (χ0n) is 8.29. The normalized spacial score (nSPS) is 19.4. The number of amides is 1. The highest BCUT2D eigenvalue weighted by molar-refractivity contribution is 6.31. The van der Waals surface area contributed by atoms with Gasteiger partial charge in [-0.3, -0.25) is 4.79 Å². The van der Waals surface area contributed by atoms with E-state index in [2.05, 4.69) is 5.32 Å². The third kappa shape index (κ3) is 3.77. The van der Waals surface area contributed by atoms with E-state index in [0.717, 1.165) is 25.7 Å². The predicted octanol–water partition coefficient (Wildman–Crippen LogP) is 1.30. The highest BCUT2D eigenvalue weighted by Crippen LogP contribution is 2.16. The average molecular weight is 199 g/mol. The number of carbonyl (C=O) groups excluding carboxylic acids is 1. The van der Waals surface area contributed by atoms with E-state index in [1.165, 1.54) is 19.3 Å². The first-order valence-corrected chi connectivity index (χ1v) is 5.24. The van der Waals surface area contributed by atoms with Gasteiger partial charge in [0.05, 0.1) is 0 Å². The molecule has 14 heavy (non-hydrogen) atoms. The van der Waals surface area contributed by atoms with Gasteiger partial charge in [0, 0.05) is 6.04 Å². The number of nitrogens with one attached hydrogen (secondary N) is 1. The van der Waals surface area contributed by atoms with Crippen LogP contribution in [-0.2, 0) is 9.59 Å². The molecule has 0 aliphatic heterocycles. The molecular weight excluding hydrogens is 182 g/mol. The molecule has 0 atom stereocenters. The summed E-state index contributed by atoms with van der Waals surface area (Å²) in [5.74, 6) is -2.25. The third-order valence-corrected chi connectivity index (χ3v) is 2.63. The standard InChI is InChI=1S/C10H17NO3/c12-9(10(13)14)11-8-6-4-2-1-3-5-7-8/h8H,1-7H2,(H,11,12)(H,13,14). The van der Waals surface area contributed by atoms with Gasteiger partial charge in [0.2, 0.25) is 0 Å². The van der Waals surface area contributed by atoms with Gasteiger partial charge >= 0.3 is 11.9 Å². The molecule has 4 heteroatoms. The Hall–Kier alpha value is -1.06. The maximum Gasteiger partial charge on any atom is 0.394 e. The number of hydrogen-bond donors (Lipinski definition) is 2. The van der Waals surface area contributed by atoms with Crippen LogP contribution in [0, 0.1) is 0 Å². The molecule has 2 N–H and O–H groups in total. The second-order valence-corrected chi connectivity index (χ2v) is 3.82. The van der Waals surface area contributed by atoms with Crippen molar-refractivity contribution >= 4 is 11.9 Å². The van der Waals surface area contributed by atoms with E-state index >= 15 is 0 Å². The minimum atomic E-state index is -1.38. The van der Waals surface area contributed by atoms with Crippen LogP contribution in [0.25, 0.3) is 0 Å². The Morgan fingerprint density at radius 3 is 2.00 bits per heavy atom. The molecule has 80 valence electrons. The van der Waals surface area contributed by atoms with Crippen molar-refractivity contribution in [1.29, 1.82) is 0 Å². The van der Waals surface area contributed by atoms with Gasteiger partial charge in [-0.15, -0.1) is 0 Å². The van der Waals surface area contributed by atoms with E-state index in [4.69, 9.17) is 5.11 Å². The lowest BCUT2D eigenvalue weighted by atomic mass is 9.97. The summed E-state index contributed by atoms with van der Waals surface area (Å²) in [7, 11) is 0. The van der Waals surface area contributed by atoms with Gasteiger partial charge in [0.25, 0.3) is 0 Å². The third-order valence-electron chi connectivity index (χ3n) is 2.63. The lowest BCUT2D eigenvalue weighted by molar-refractivity contribution is -0.150. The van der Waals surface area contributed by atoms with Crippen LogP contribution in [0.4, 0.5) is 0 Å². The summed E-state index contributed by atoms with van der Waals surface area (Å²) in [6, 6.07) is 0.0684. The SMILES string of the molecule is O=C(O)C(=O)NC1CCCCCCC1. The molecule has 1 aliphatic carbocycles. The van der Waals surface area contributed by atoms with Crippen molar-refractivity contribution in [2.45, 2.75) is 51.0 Å². The zero-order valence-corrected chi connectivity index (χ0v) is 8.29. The van der Waals surface area contributed by atoms with E-state index in [1.807, 2.05) is 0 Å². The summed E-state index contributed by atoms with van der Waals surface area (Å²) in [5, 5.41) is 11.0. The van der Waals surface area contributed by atoms with E-state index in [-0.39, 0.29) is 6.04 Å². The van der Waals surface area contributed by atoms with Crippen molar-refractivity contribution in [2.24, 2.45) is 0 Å². The highest BCUT2D eigenvalue weighted by Gasteiger charge is 2.17. The topological polar surface area (TPSA) is 66.4 Å². The van der Waals surface area contributed by atoms with Crippen LogP contribution in [0.2, 0.25) is 0 Å². The van der Waals surface area contributed by atoms with Crippen molar-refractivity contribution in [2.75, 3.05) is 0 Å². The number of aliphatic carboxylic acids is 1. The predicted molar refractivity (Wildman–Crippen MR) is 51.9 cm³/mol. The fourth-order valence-corrected chi connectivity index (χ4v) is 1.85. The molecule has 0 aromatic carbocycles. The molecule has 0 bridgehead atoms. The summed E-state index contributed by atoms with van der Waals surface area (Å²) < 4.78 is 0. The first kappa shape index (κ1) is 11.0. The van der Waals surface area contributed by atoms with Gasteiger partial charge in [0.15, 0.2) is 0 Å². The Balaban J connectivity index is 2.33. The van der Waals surface area contributed by atoms with E-state index in [1.54, 1.807) is 0 Å². The molecule has 1 rings (SSSR count). The van der Waals surface area contributed by atoms with Gasteiger partial charge in [-0.05, 0) is 12.8 Å². The molecule has 1 fully saturated rings. The van der Waals surface area contributed by atoms with Crippen LogP contribution in [0.15, 0.2) is 0 Å².